The van der Waals surface area contributed by atoms with Crippen LogP contribution in [0, 0.1) is 0 Å². The summed E-state index contributed by atoms with van der Waals surface area (Å²) in [6.45, 7) is 0.481. The Morgan fingerprint density at radius 1 is 1.14 bits per heavy atom. The van der Waals surface area contributed by atoms with Crippen LogP contribution in [0.4, 0.5) is 0 Å². The van der Waals surface area contributed by atoms with Crippen LogP contribution in [0.1, 0.15) is 25.7 Å². The number of hydrogen-bond acceptors (Lipinski definition) is 4. The van der Waals surface area contributed by atoms with Crippen molar-refractivity contribution >= 4 is 55.8 Å². The number of benzene rings is 1. The van der Waals surface area contributed by atoms with Crippen molar-refractivity contribution in [1.82, 2.24) is 0 Å². The van der Waals surface area contributed by atoms with Crippen LogP contribution >= 0.6 is 43.2 Å². The summed E-state index contributed by atoms with van der Waals surface area (Å²) in [5.41, 5.74) is 2.97. The third kappa shape index (κ3) is 2.72. The van der Waals surface area contributed by atoms with Crippen LogP contribution < -0.4 is 4.74 Å². The lowest BCUT2D eigenvalue weighted by molar-refractivity contribution is -0.108. The Kier molecular flexibility index (Phi) is 4.28. The molecule has 1 aromatic heterocycles. The lowest BCUT2D eigenvalue weighted by Gasteiger charge is -2.18. The standard InChI is InChI=1S/C15H10Br2O3S/c16-11(5-18)8-1-2-10-13(3-8)20-7-9-4-14(12(17)6-19)21-15(9)10/h1-6,11-12H,7H2. The van der Waals surface area contributed by atoms with Gasteiger partial charge in [0.25, 0.3) is 0 Å². The Balaban J connectivity index is 2.04. The molecule has 2 aromatic rings. The highest BCUT2D eigenvalue weighted by molar-refractivity contribution is 9.09. The van der Waals surface area contributed by atoms with Gasteiger partial charge in [-0.15, -0.1) is 11.3 Å². The predicted molar refractivity (Wildman–Crippen MR) is 89.6 cm³/mol. The number of rotatable bonds is 4. The molecule has 2 heterocycles. The Labute approximate surface area is 142 Å². The molecule has 0 radical (unpaired) electrons. The molecule has 1 aliphatic rings. The second-order valence-corrected chi connectivity index (χ2v) is 7.68. The second-order valence-electron chi connectivity index (χ2n) is 4.62. The number of alkyl halides is 2. The maximum Gasteiger partial charge on any atom is 0.138 e. The van der Waals surface area contributed by atoms with E-state index in [4.69, 9.17) is 4.74 Å². The van der Waals surface area contributed by atoms with Crippen molar-refractivity contribution in [2.45, 2.75) is 16.3 Å². The van der Waals surface area contributed by atoms with E-state index in [2.05, 4.69) is 31.9 Å². The first kappa shape index (κ1) is 14.9. The molecule has 0 saturated carbocycles. The molecule has 2 atom stereocenters. The first-order chi connectivity index (χ1) is 10.1. The average Bonchev–Trinajstić information content (AvgIpc) is 2.97. The van der Waals surface area contributed by atoms with E-state index < -0.39 is 0 Å². The van der Waals surface area contributed by atoms with E-state index >= 15 is 0 Å². The quantitative estimate of drug-likeness (QED) is 0.527. The van der Waals surface area contributed by atoms with Crippen LogP contribution in [-0.4, -0.2) is 12.6 Å². The van der Waals surface area contributed by atoms with Gasteiger partial charge in [-0.3, -0.25) is 0 Å². The molecule has 2 unspecified atom stereocenters. The fraction of sp³-hybridized carbons (Fsp3) is 0.200. The second kappa shape index (κ2) is 6.02. The van der Waals surface area contributed by atoms with Crippen molar-refractivity contribution in [2.24, 2.45) is 0 Å². The van der Waals surface area contributed by atoms with E-state index in [-0.39, 0.29) is 9.65 Å². The third-order valence-electron chi connectivity index (χ3n) is 3.29. The molecule has 3 rings (SSSR count). The summed E-state index contributed by atoms with van der Waals surface area (Å²) in [5.74, 6) is 0.775. The number of carbonyl (C=O) groups excluding carboxylic acids is 2. The van der Waals surface area contributed by atoms with E-state index in [9.17, 15) is 9.59 Å². The van der Waals surface area contributed by atoms with Crippen LogP contribution in [-0.2, 0) is 16.2 Å². The minimum atomic E-state index is -0.325. The zero-order valence-electron chi connectivity index (χ0n) is 10.7. The zero-order valence-corrected chi connectivity index (χ0v) is 14.7. The molecule has 108 valence electrons. The highest BCUT2D eigenvalue weighted by atomic mass is 79.9. The molecular weight excluding hydrogens is 420 g/mol. The molecule has 1 aliphatic heterocycles. The summed E-state index contributed by atoms with van der Waals surface area (Å²) in [7, 11) is 0. The molecule has 6 heteroatoms. The number of hydrogen-bond donors (Lipinski definition) is 0. The van der Waals surface area contributed by atoms with Gasteiger partial charge in [-0.05, 0) is 23.8 Å². The van der Waals surface area contributed by atoms with Crippen molar-refractivity contribution in [3.8, 4) is 16.2 Å². The Morgan fingerprint density at radius 2 is 1.90 bits per heavy atom. The van der Waals surface area contributed by atoms with Gasteiger partial charge in [-0.2, -0.15) is 0 Å². The van der Waals surface area contributed by atoms with Crippen LogP contribution in [0.15, 0.2) is 24.3 Å². The van der Waals surface area contributed by atoms with Crippen LogP contribution in [0.5, 0.6) is 5.75 Å². The van der Waals surface area contributed by atoms with E-state index in [1.54, 1.807) is 11.3 Å². The summed E-state index contributed by atoms with van der Waals surface area (Å²) >= 11 is 8.25. The molecule has 3 nitrogen and oxygen atoms in total. The van der Waals surface area contributed by atoms with Gasteiger partial charge in [0.2, 0.25) is 0 Å². The monoisotopic (exact) mass is 428 g/mol. The van der Waals surface area contributed by atoms with Gasteiger partial charge >= 0.3 is 0 Å². The van der Waals surface area contributed by atoms with E-state index in [1.807, 2.05) is 24.3 Å². The summed E-state index contributed by atoms with van der Waals surface area (Å²) in [5, 5.41) is 0. The Morgan fingerprint density at radius 3 is 2.62 bits per heavy atom. The molecule has 0 amide bonds. The SMILES string of the molecule is O=CC(Br)c1ccc2c(c1)OCc1cc(C(Br)C=O)sc1-2. The lowest BCUT2D eigenvalue weighted by atomic mass is 10.0. The highest BCUT2D eigenvalue weighted by Gasteiger charge is 2.23. The zero-order chi connectivity index (χ0) is 15.0. The Bertz CT molecular complexity index is 711. The number of carbonyl (C=O) groups is 2. The summed E-state index contributed by atoms with van der Waals surface area (Å²) < 4.78 is 5.78. The van der Waals surface area contributed by atoms with Crippen LogP contribution in [0.25, 0.3) is 10.4 Å². The molecular formula is C15H10Br2O3S. The van der Waals surface area contributed by atoms with Gasteiger partial charge in [-0.25, -0.2) is 0 Å². The number of thiophene rings is 1. The predicted octanol–water partition coefficient (Wildman–Crippen LogP) is 4.58. The van der Waals surface area contributed by atoms with E-state index in [0.29, 0.717) is 6.61 Å². The van der Waals surface area contributed by atoms with Crippen molar-refractivity contribution in [1.29, 1.82) is 0 Å². The van der Waals surface area contributed by atoms with Crippen molar-refractivity contribution in [2.75, 3.05) is 0 Å². The van der Waals surface area contributed by atoms with Crippen LogP contribution in [0.2, 0.25) is 0 Å². The molecule has 0 aliphatic carbocycles. The third-order valence-corrected chi connectivity index (χ3v) is 6.34. The molecule has 0 fully saturated rings. The summed E-state index contributed by atoms with van der Waals surface area (Å²) in [6.07, 6.45) is 1.72. The maximum absolute atomic E-state index is 10.9. The molecule has 0 N–H and O–H groups in total. The van der Waals surface area contributed by atoms with E-state index in [0.717, 1.165) is 44.8 Å². The molecule has 21 heavy (non-hydrogen) atoms. The van der Waals surface area contributed by atoms with Crippen LogP contribution in [0.3, 0.4) is 0 Å². The van der Waals surface area contributed by atoms with Crippen molar-refractivity contribution < 1.29 is 14.3 Å². The van der Waals surface area contributed by atoms with Crippen molar-refractivity contribution in [3.63, 3.8) is 0 Å². The number of halogens is 2. The normalized spacial score (nSPS) is 15.3. The summed E-state index contributed by atoms with van der Waals surface area (Å²) in [6, 6.07) is 7.76. The Hall–Kier alpha value is -0.980. The fourth-order valence-electron chi connectivity index (χ4n) is 2.24. The fourth-order valence-corrected chi connectivity index (χ4v) is 4.07. The first-order valence-corrected chi connectivity index (χ1v) is 8.87. The number of fused-ring (bicyclic) bond motifs is 3. The minimum Gasteiger partial charge on any atom is -0.488 e. The van der Waals surface area contributed by atoms with Gasteiger partial charge in [0.05, 0.1) is 4.83 Å². The van der Waals surface area contributed by atoms with Gasteiger partial charge in [-0.1, -0.05) is 37.9 Å². The smallest absolute Gasteiger partial charge is 0.138 e. The van der Waals surface area contributed by atoms with Gasteiger partial charge < -0.3 is 14.3 Å². The number of aldehydes is 2. The maximum atomic E-state index is 10.9. The lowest BCUT2D eigenvalue weighted by Crippen LogP contribution is -2.04. The summed E-state index contributed by atoms with van der Waals surface area (Å²) in [4.78, 5) is 23.3. The van der Waals surface area contributed by atoms with Gasteiger partial charge in [0.15, 0.2) is 0 Å². The van der Waals surface area contributed by atoms with Gasteiger partial charge in [0, 0.05) is 20.9 Å². The molecule has 1 aromatic carbocycles. The molecule has 0 spiro atoms. The molecule has 0 bridgehead atoms. The number of ether oxygens (including phenoxy) is 1. The topological polar surface area (TPSA) is 43.4 Å². The van der Waals surface area contributed by atoms with E-state index in [1.165, 1.54) is 0 Å². The largest absolute Gasteiger partial charge is 0.488 e. The minimum absolute atomic E-state index is 0.280. The van der Waals surface area contributed by atoms with Crippen molar-refractivity contribution in [3.05, 3.63) is 40.3 Å². The first-order valence-electron chi connectivity index (χ1n) is 6.22. The highest BCUT2D eigenvalue weighted by Crippen LogP contribution is 2.45. The molecule has 0 saturated heterocycles. The average molecular weight is 430 g/mol. The van der Waals surface area contributed by atoms with Gasteiger partial charge in [0.1, 0.15) is 29.8 Å².